The fourth-order valence-corrected chi connectivity index (χ4v) is 4.86. The Kier molecular flexibility index (Phi) is 5.78. The number of nitrogens with zero attached hydrogens (tertiary/aromatic N) is 3. The van der Waals surface area contributed by atoms with Crippen LogP contribution in [0.1, 0.15) is 19.8 Å². The molecule has 0 aromatic carbocycles. The topological polar surface area (TPSA) is 65.5 Å². The zero-order valence-corrected chi connectivity index (χ0v) is 15.8. The van der Waals surface area contributed by atoms with Crippen molar-refractivity contribution >= 4 is 15.8 Å². The molecule has 1 aliphatic heterocycles. The van der Waals surface area contributed by atoms with Crippen LogP contribution in [0.2, 0.25) is 0 Å². The Labute approximate surface area is 153 Å². The Bertz CT molecular complexity index is 686. The second kappa shape index (κ2) is 7.74. The maximum atomic E-state index is 12.9. The highest BCUT2D eigenvalue weighted by molar-refractivity contribution is 7.89. The van der Waals surface area contributed by atoms with Crippen LogP contribution in [-0.2, 0) is 10.0 Å². The maximum Gasteiger partial charge on any atom is 0.248 e. The normalized spacial score (nSPS) is 22.8. The zero-order valence-electron chi connectivity index (χ0n) is 14.9. The number of sulfonamides is 1. The van der Waals surface area contributed by atoms with Gasteiger partial charge >= 0.3 is 0 Å². The molecule has 1 aromatic rings. The van der Waals surface area contributed by atoms with Gasteiger partial charge in [0, 0.05) is 57.8 Å². The molecule has 1 N–H and O–H groups in total. The van der Waals surface area contributed by atoms with Gasteiger partial charge in [-0.3, -0.25) is 0 Å². The van der Waals surface area contributed by atoms with Gasteiger partial charge in [-0.15, -0.1) is 0 Å². The van der Waals surface area contributed by atoms with Crippen molar-refractivity contribution in [3.63, 3.8) is 0 Å². The van der Waals surface area contributed by atoms with Crippen molar-refractivity contribution < 1.29 is 17.2 Å². The molecule has 1 saturated carbocycles. The molecule has 1 aromatic heterocycles. The molecule has 1 unspecified atom stereocenters. The van der Waals surface area contributed by atoms with E-state index in [4.69, 9.17) is 0 Å². The summed E-state index contributed by atoms with van der Waals surface area (Å²) in [4.78, 5) is 6.37. The lowest BCUT2D eigenvalue weighted by atomic mass is 9.77. The van der Waals surface area contributed by atoms with E-state index >= 15 is 0 Å². The van der Waals surface area contributed by atoms with Gasteiger partial charge in [0.1, 0.15) is 5.82 Å². The van der Waals surface area contributed by atoms with Gasteiger partial charge in [-0.05, 0) is 25.0 Å². The smallest absolute Gasteiger partial charge is 0.248 e. The second-order valence-electron chi connectivity index (χ2n) is 7.16. The van der Waals surface area contributed by atoms with Crippen LogP contribution in [-0.4, -0.2) is 68.1 Å². The highest BCUT2D eigenvalue weighted by atomic mass is 32.2. The minimum Gasteiger partial charge on any atom is -0.354 e. The van der Waals surface area contributed by atoms with Crippen LogP contribution in [0.3, 0.4) is 0 Å². The first-order valence-corrected chi connectivity index (χ1v) is 10.6. The van der Waals surface area contributed by atoms with Gasteiger partial charge in [0.15, 0.2) is 0 Å². The highest BCUT2D eigenvalue weighted by Crippen LogP contribution is 2.43. The molecule has 26 heavy (non-hydrogen) atoms. The van der Waals surface area contributed by atoms with Gasteiger partial charge in [-0.2, -0.15) is 4.31 Å². The molecular weight excluding hydrogens is 362 g/mol. The van der Waals surface area contributed by atoms with E-state index in [0.29, 0.717) is 26.2 Å². The van der Waals surface area contributed by atoms with E-state index in [-0.39, 0.29) is 37.1 Å². The van der Waals surface area contributed by atoms with Crippen LogP contribution < -0.4 is 10.2 Å². The van der Waals surface area contributed by atoms with Gasteiger partial charge in [0.2, 0.25) is 15.9 Å². The summed E-state index contributed by atoms with van der Waals surface area (Å²) < 4.78 is 52.3. The third-order valence-corrected chi connectivity index (χ3v) is 7.13. The molecule has 146 valence electrons. The molecule has 1 saturated heterocycles. The van der Waals surface area contributed by atoms with E-state index in [0.717, 1.165) is 5.82 Å². The van der Waals surface area contributed by atoms with Crippen LogP contribution in [0.15, 0.2) is 24.4 Å². The standard InChI is InChI=1S/C17H26F2N4O2S/c1-14(15-12-17(18,19)13-15)20-6-11-26(24,25)23-9-7-22(8-10-23)16-4-2-3-5-21-16/h2-5,14-15,20H,6-13H2,1H3. The monoisotopic (exact) mass is 388 g/mol. The van der Waals surface area contributed by atoms with E-state index in [1.54, 1.807) is 6.20 Å². The number of rotatable bonds is 7. The Morgan fingerprint density at radius 3 is 2.54 bits per heavy atom. The van der Waals surface area contributed by atoms with E-state index in [1.807, 2.05) is 25.1 Å². The number of nitrogens with one attached hydrogen (secondary N) is 1. The first kappa shape index (κ1) is 19.4. The molecule has 1 aliphatic carbocycles. The molecule has 2 fully saturated rings. The van der Waals surface area contributed by atoms with Crippen LogP contribution in [0, 0.1) is 5.92 Å². The molecule has 0 amide bonds. The third-order valence-electron chi connectivity index (χ3n) is 5.26. The average Bonchev–Trinajstić information content (AvgIpc) is 2.60. The molecule has 6 nitrogen and oxygen atoms in total. The van der Waals surface area contributed by atoms with E-state index in [9.17, 15) is 17.2 Å². The van der Waals surface area contributed by atoms with Gasteiger partial charge in [0.05, 0.1) is 5.75 Å². The van der Waals surface area contributed by atoms with Gasteiger partial charge in [-0.1, -0.05) is 6.07 Å². The number of piperazine rings is 1. The Balaban J connectivity index is 1.41. The van der Waals surface area contributed by atoms with Crippen molar-refractivity contribution in [2.24, 2.45) is 5.92 Å². The summed E-state index contributed by atoms with van der Waals surface area (Å²) in [6.45, 7) is 4.21. The molecule has 3 rings (SSSR count). The number of anilines is 1. The number of hydrogen-bond acceptors (Lipinski definition) is 5. The maximum absolute atomic E-state index is 12.9. The summed E-state index contributed by atoms with van der Waals surface area (Å²) >= 11 is 0. The largest absolute Gasteiger partial charge is 0.354 e. The lowest BCUT2D eigenvalue weighted by Gasteiger charge is -2.39. The van der Waals surface area contributed by atoms with E-state index in [1.165, 1.54) is 4.31 Å². The quantitative estimate of drug-likeness (QED) is 0.768. The third kappa shape index (κ3) is 4.69. The SMILES string of the molecule is CC(NCCS(=O)(=O)N1CCN(c2ccccn2)CC1)C1CC(F)(F)C1. The van der Waals surface area contributed by atoms with Crippen molar-refractivity contribution in [2.75, 3.05) is 43.4 Å². The van der Waals surface area contributed by atoms with Crippen molar-refractivity contribution in [2.45, 2.75) is 31.7 Å². The molecule has 2 heterocycles. The number of aromatic nitrogens is 1. The summed E-state index contributed by atoms with van der Waals surface area (Å²) in [5, 5.41) is 3.09. The number of alkyl halides is 2. The molecule has 2 aliphatic rings. The van der Waals surface area contributed by atoms with E-state index < -0.39 is 15.9 Å². The van der Waals surface area contributed by atoms with Crippen molar-refractivity contribution in [1.29, 1.82) is 0 Å². The van der Waals surface area contributed by atoms with Gasteiger partial charge in [0.25, 0.3) is 0 Å². The van der Waals surface area contributed by atoms with Crippen LogP contribution >= 0.6 is 0 Å². The molecule has 0 bridgehead atoms. The first-order chi connectivity index (χ1) is 12.3. The Morgan fingerprint density at radius 1 is 1.27 bits per heavy atom. The Morgan fingerprint density at radius 2 is 1.96 bits per heavy atom. The van der Waals surface area contributed by atoms with Crippen LogP contribution in [0.25, 0.3) is 0 Å². The first-order valence-electron chi connectivity index (χ1n) is 9.02. The zero-order chi connectivity index (χ0) is 18.8. The van der Waals surface area contributed by atoms with Gasteiger partial charge in [-0.25, -0.2) is 22.2 Å². The minimum absolute atomic E-state index is 0.00988. The highest BCUT2D eigenvalue weighted by Gasteiger charge is 2.47. The van der Waals surface area contributed by atoms with E-state index in [2.05, 4.69) is 15.2 Å². The summed E-state index contributed by atoms with van der Waals surface area (Å²) in [5.41, 5.74) is 0. The minimum atomic E-state index is -3.35. The second-order valence-corrected chi connectivity index (χ2v) is 9.25. The predicted octanol–water partition coefficient (Wildman–Crippen LogP) is 1.56. The van der Waals surface area contributed by atoms with Crippen molar-refractivity contribution in [1.82, 2.24) is 14.6 Å². The molecular formula is C17H26F2N4O2S. The lowest BCUT2D eigenvalue weighted by Crippen LogP contribution is -2.51. The summed E-state index contributed by atoms with van der Waals surface area (Å²) in [6, 6.07) is 5.59. The van der Waals surface area contributed by atoms with Crippen molar-refractivity contribution in [3.8, 4) is 0 Å². The van der Waals surface area contributed by atoms with Gasteiger partial charge < -0.3 is 10.2 Å². The molecule has 0 radical (unpaired) electrons. The molecule has 0 spiro atoms. The summed E-state index contributed by atoms with van der Waals surface area (Å²) in [5.74, 6) is -1.77. The number of hydrogen-bond donors (Lipinski definition) is 1. The summed E-state index contributed by atoms with van der Waals surface area (Å²) in [7, 11) is -3.35. The average molecular weight is 388 g/mol. The predicted molar refractivity (Wildman–Crippen MR) is 96.9 cm³/mol. The summed E-state index contributed by atoms with van der Waals surface area (Å²) in [6.07, 6.45) is 1.51. The van der Waals surface area contributed by atoms with Crippen LogP contribution in [0.5, 0.6) is 0 Å². The fourth-order valence-electron chi connectivity index (χ4n) is 3.51. The Hall–Kier alpha value is -1.32. The molecule has 1 atom stereocenters. The molecule has 9 heteroatoms. The lowest BCUT2D eigenvalue weighted by molar-refractivity contribution is -0.117. The fraction of sp³-hybridized carbons (Fsp3) is 0.706. The van der Waals surface area contributed by atoms with Crippen LogP contribution in [0.4, 0.5) is 14.6 Å². The van der Waals surface area contributed by atoms with Crippen molar-refractivity contribution in [3.05, 3.63) is 24.4 Å². The number of halogens is 2. The number of pyridine rings is 1.